The van der Waals surface area contributed by atoms with Crippen molar-refractivity contribution in [3.05, 3.63) is 26.3 Å². The molecule has 2 N–H and O–H groups in total. The summed E-state index contributed by atoms with van der Waals surface area (Å²) in [6, 6.07) is 0. The van der Waals surface area contributed by atoms with Crippen molar-refractivity contribution in [3.63, 3.8) is 0 Å². The van der Waals surface area contributed by atoms with Gasteiger partial charge in [0.25, 0.3) is 0 Å². The van der Waals surface area contributed by atoms with E-state index in [1.54, 1.807) is 0 Å². The quantitative estimate of drug-likeness (QED) is 0.465. The van der Waals surface area contributed by atoms with Crippen molar-refractivity contribution in [3.8, 4) is 0 Å². The van der Waals surface area contributed by atoms with Gasteiger partial charge in [-0.2, -0.15) is 0 Å². The Bertz CT molecular complexity index is 59.1. The maximum atomic E-state index is 6.94. The smallest absolute Gasteiger partial charge is 0.673 e. The first-order chi connectivity index (χ1) is 4.00. The fraction of sp³-hybridized carbons (Fsp3) is 0.800. The molecule has 0 amide bonds. The molecule has 0 radical (unpaired) electrons. The fourth-order valence-electron chi connectivity index (χ4n) is 0. The van der Waals surface area contributed by atoms with Crippen LogP contribution in [0, 0.1) is 14.9 Å². The largest absolute Gasteiger partial charge is 2.00 e. The molecule has 0 atom stereocenters. The van der Waals surface area contributed by atoms with Crippen LogP contribution in [0.2, 0.25) is 0 Å². The molecule has 0 aromatic heterocycles. The van der Waals surface area contributed by atoms with Crippen LogP contribution in [0.5, 0.6) is 0 Å². The monoisotopic (exact) mass is 302 g/mol. The van der Waals surface area contributed by atoms with Crippen molar-refractivity contribution < 1.29 is 39.0 Å². The van der Waals surface area contributed by atoms with Gasteiger partial charge in [-0.3, -0.25) is 0 Å². The van der Waals surface area contributed by atoms with Gasteiger partial charge >= 0.3 is 39.0 Å². The first-order valence-electron chi connectivity index (χ1n) is 3.50. The SMILES string of the molecule is CC(C)(C)[NH-].CC(C)(C)[NH-].[CH3-].[CH3-].[Zn+2].[Zn+2]. The topological polar surface area (TPSA) is 47.6 Å². The van der Waals surface area contributed by atoms with E-state index in [0.717, 1.165) is 0 Å². The van der Waals surface area contributed by atoms with E-state index in [1.165, 1.54) is 0 Å². The summed E-state index contributed by atoms with van der Waals surface area (Å²) in [6.07, 6.45) is 0. The van der Waals surface area contributed by atoms with Crippen LogP contribution in [0.25, 0.3) is 11.5 Å². The molecule has 0 spiro atoms. The zero-order valence-electron chi connectivity index (χ0n) is 11.4. The average Bonchev–Trinajstić information content (AvgIpc) is 1.12. The molecule has 0 fully saturated rings. The van der Waals surface area contributed by atoms with Gasteiger partial charge in [0.05, 0.1) is 0 Å². The molecule has 0 unspecified atom stereocenters. The van der Waals surface area contributed by atoms with Gasteiger partial charge in [0, 0.05) is 0 Å². The van der Waals surface area contributed by atoms with Gasteiger partial charge in [-0.1, -0.05) is 41.5 Å². The van der Waals surface area contributed by atoms with Gasteiger partial charge in [-0.15, -0.1) is 11.1 Å². The standard InChI is InChI=1S/2C4H10N.2CH3.2Zn/c2*1-4(2,3)5;;;;/h2*5H,1-3H3;2*1H3;;/q4*-1;2*+2. The van der Waals surface area contributed by atoms with Crippen molar-refractivity contribution in [1.29, 1.82) is 0 Å². The molecule has 0 saturated carbocycles. The Morgan fingerprint density at radius 2 is 0.571 bits per heavy atom. The van der Waals surface area contributed by atoms with Crippen LogP contribution < -0.4 is 0 Å². The van der Waals surface area contributed by atoms with E-state index in [9.17, 15) is 0 Å². The zero-order valence-corrected chi connectivity index (χ0v) is 17.3. The minimum absolute atomic E-state index is 0. The second-order valence-electron chi connectivity index (χ2n) is 4.50. The molecule has 4 heteroatoms. The van der Waals surface area contributed by atoms with Crippen molar-refractivity contribution in [2.24, 2.45) is 0 Å². The van der Waals surface area contributed by atoms with Crippen molar-refractivity contribution in [1.82, 2.24) is 0 Å². The summed E-state index contributed by atoms with van der Waals surface area (Å²) in [7, 11) is 0. The van der Waals surface area contributed by atoms with Crippen LogP contribution >= 0.6 is 0 Å². The molecule has 0 heterocycles. The van der Waals surface area contributed by atoms with Crippen LogP contribution in [0.4, 0.5) is 0 Å². The van der Waals surface area contributed by atoms with Crippen LogP contribution in [0.15, 0.2) is 0 Å². The molecule has 0 saturated heterocycles. The van der Waals surface area contributed by atoms with E-state index in [0.29, 0.717) is 0 Å². The van der Waals surface area contributed by atoms with Crippen molar-refractivity contribution in [2.75, 3.05) is 0 Å². The maximum absolute atomic E-state index is 6.94. The van der Waals surface area contributed by atoms with Gasteiger partial charge in [-0.25, -0.2) is 0 Å². The molecule has 0 rings (SSSR count). The van der Waals surface area contributed by atoms with Gasteiger partial charge in [-0.05, 0) is 0 Å². The summed E-state index contributed by atoms with van der Waals surface area (Å²) in [5.74, 6) is 0. The van der Waals surface area contributed by atoms with Crippen molar-refractivity contribution in [2.45, 2.75) is 52.6 Å². The number of rotatable bonds is 0. The number of hydrogen-bond donors (Lipinski definition) is 0. The third kappa shape index (κ3) is 1430. The third-order valence-corrected chi connectivity index (χ3v) is 0. The molecular weight excluding hydrogens is 279 g/mol. The molecule has 0 bridgehead atoms. The number of hydrogen-bond acceptors (Lipinski definition) is 0. The van der Waals surface area contributed by atoms with E-state index in [2.05, 4.69) is 0 Å². The summed E-state index contributed by atoms with van der Waals surface area (Å²) in [5.41, 5.74) is 13.4. The minimum Gasteiger partial charge on any atom is -0.673 e. The Labute approximate surface area is 117 Å². The normalized spacial score (nSPS) is 8.57. The summed E-state index contributed by atoms with van der Waals surface area (Å²) in [4.78, 5) is 0. The third-order valence-electron chi connectivity index (χ3n) is 0. The van der Waals surface area contributed by atoms with E-state index < -0.39 is 0 Å². The van der Waals surface area contributed by atoms with E-state index in [4.69, 9.17) is 11.5 Å². The summed E-state index contributed by atoms with van der Waals surface area (Å²) < 4.78 is 0. The van der Waals surface area contributed by atoms with Crippen molar-refractivity contribution >= 4 is 0 Å². The van der Waals surface area contributed by atoms with Gasteiger partial charge in [0.1, 0.15) is 0 Å². The Morgan fingerprint density at radius 1 is 0.571 bits per heavy atom. The predicted octanol–water partition coefficient (Wildman–Crippen LogP) is 4.57. The molecule has 2 nitrogen and oxygen atoms in total. The van der Waals surface area contributed by atoms with Crippen LogP contribution in [-0.4, -0.2) is 11.1 Å². The first kappa shape index (κ1) is 36.2. The summed E-state index contributed by atoms with van der Waals surface area (Å²) in [6.45, 7) is 11.1. The average molecular weight is 305 g/mol. The second-order valence-corrected chi connectivity index (χ2v) is 4.50. The first-order valence-corrected chi connectivity index (χ1v) is 3.50. The number of nitrogens with one attached hydrogen (secondary N) is 2. The molecule has 0 aliphatic heterocycles. The summed E-state index contributed by atoms with van der Waals surface area (Å²) >= 11 is 0. The predicted molar refractivity (Wildman–Crippen MR) is 61.0 cm³/mol. The van der Waals surface area contributed by atoms with Crippen LogP contribution in [0.1, 0.15) is 41.5 Å². The van der Waals surface area contributed by atoms with Gasteiger partial charge in [0.15, 0.2) is 0 Å². The molecule has 0 aliphatic rings. The van der Waals surface area contributed by atoms with E-state index in [-0.39, 0.29) is 64.9 Å². The Kier molecular flexibility index (Phi) is 36.7. The van der Waals surface area contributed by atoms with E-state index >= 15 is 0 Å². The van der Waals surface area contributed by atoms with Gasteiger partial charge < -0.3 is 26.3 Å². The Hall–Kier alpha value is 1.17. The van der Waals surface area contributed by atoms with Crippen LogP contribution in [0.3, 0.4) is 0 Å². The van der Waals surface area contributed by atoms with Crippen LogP contribution in [-0.2, 0) is 39.0 Å². The second kappa shape index (κ2) is 14.2. The maximum Gasteiger partial charge on any atom is 2.00 e. The molecule has 14 heavy (non-hydrogen) atoms. The molecule has 0 aliphatic carbocycles. The zero-order chi connectivity index (χ0) is 9.00. The Balaban J connectivity index is -0.0000000178. The Morgan fingerprint density at radius 3 is 0.571 bits per heavy atom. The fourth-order valence-corrected chi connectivity index (χ4v) is 0. The minimum atomic E-state index is -0.250. The molecule has 80 valence electrons. The van der Waals surface area contributed by atoms with Gasteiger partial charge in [0.2, 0.25) is 0 Å². The molecule has 0 aromatic rings. The summed E-state index contributed by atoms with van der Waals surface area (Å²) in [5, 5.41) is 0. The molecular formula is C10H26N2Zn2. The van der Waals surface area contributed by atoms with E-state index in [1.807, 2.05) is 41.5 Å². The molecule has 0 aromatic carbocycles.